The van der Waals surface area contributed by atoms with E-state index in [1.807, 2.05) is 13.8 Å². The monoisotopic (exact) mass is 278 g/mol. The van der Waals surface area contributed by atoms with E-state index in [1.54, 1.807) is 18.2 Å². The summed E-state index contributed by atoms with van der Waals surface area (Å²) in [6, 6.07) is 6.76. The van der Waals surface area contributed by atoms with E-state index < -0.39 is 6.04 Å². The Kier molecular flexibility index (Phi) is 7.48. The van der Waals surface area contributed by atoms with Gasteiger partial charge in [0.1, 0.15) is 6.04 Å². The molecule has 0 aliphatic carbocycles. The molecule has 5 heteroatoms. The van der Waals surface area contributed by atoms with Crippen LogP contribution in [0.2, 0.25) is 0 Å². The molecule has 1 aromatic rings. The molecule has 0 radical (unpaired) electrons. The first-order chi connectivity index (χ1) is 9.72. The van der Waals surface area contributed by atoms with E-state index in [0.717, 1.165) is 12.0 Å². The standard InChI is InChI=1S/C15H22N2O3/c1-3-19-9-5-8-17-13(11-16)12-6-7-14(18)15(10-12)20-4-2/h6-7,10,13,17-18H,3-5,8-9H2,1-2H3. The van der Waals surface area contributed by atoms with Crippen LogP contribution in [0.1, 0.15) is 31.9 Å². The van der Waals surface area contributed by atoms with E-state index >= 15 is 0 Å². The topological polar surface area (TPSA) is 74.5 Å². The summed E-state index contributed by atoms with van der Waals surface area (Å²) in [4.78, 5) is 0. The van der Waals surface area contributed by atoms with Gasteiger partial charge in [0.05, 0.1) is 12.7 Å². The molecule has 1 rings (SSSR count). The van der Waals surface area contributed by atoms with Crippen LogP contribution in [0.15, 0.2) is 18.2 Å². The molecule has 110 valence electrons. The fourth-order valence-electron chi connectivity index (χ4n) is 1.78. The van der Waals surface area contributed by atoms with Gasteiger partial charge in [-0.1, -0.05) is 6.07 Å². The summed E-state index contributed by atoms with van der Waals surface area (Å²) in [5.74, 6) is 0.491. The van der Waals surface area contributed by atoms with Crippen LogP contribution < -0.4 is 10.1 Å². The Balaban J connectivity index is 2.61. The number of phenols is 1. The van der Waals surface area contributed by atoms with Crippen LogP contribution in [-0.2, 0) is 4.74 Å². The zero-order chi connectivity index (χ0) is 14.8. The molecule has 0 amide bonds. The third kappa shape index (κ3) is 5.08. The summed E-state index contributed by atoms with van der Waals surface area (Å²) in [6.45, 7) is 6.36. The molecule has 0 saturated heterocycles. The Morgan fingerprint density at radius 2 is 2.15 bits per heavy atom. The minimum absolute atomic E-state index is 0.0867. The van der Waals surface area contributed by atoms with Gasteiger partial charge in [-0.3, -0.25) is 5.32 Å². The predicted octanol–water partition coefficient (Wildman–Crippen LogP) is 2.37. The molecule has 1 unspecified atom stereocenters. The van der Waals surface area contributed by atoms with Crippen molar-refractivity contribution in [2.75, 3.05) is 26.4 Å². The Hall–Kier alpha value is -1.77. The Morgan fingerprint density at radius 1 is 1.35 bits per heavy atom. The van der Waals surface area contributed by atoms with E-state index in [2.05, 4.69) is 11.4 Å². The number of benzene rings is 1. The first-order valence-electron chi connectivity index (χ1n) is 6.89. The minimum atomic E-state index is -0.420. The molecule has 0 fully saturated rings. The Morgan fingerprint density at radius 3 is 2.80 bits per heavy atom. The second-order valence-electron chi connectivity index (χ2n) is 4.23. The molecule has 1 atom stereocenters. The first kappa shape index (κ1) is 16.3. The second kappa shape index (κ2) is 9.18. The van der Waals surface area contributed by atoms with Crippen molar-refractivity contribution in [1.29, 1.82) is 5.26 Å². The van der Waals surface area contributed by atoms with Gasteiger partial charge in [0.2, 0.25) is 0 Å². The first-order valence-corrected chi connectivity index (χ1v) is 6.89. The third-order valence-electron chi connectivity index (χ3n) is 2.76. The van der Waals surface area contributed by atoms with Crippen LogP contribution >= 0.6 is 0 Å². The molecule has 5 nitrogen and oxygen atoms in total. The number of aromatic hydroxyl groups is 1. The van der Waals surface area contributed by atoms with Crippen molar-refractivity contribution in [3.8, 4) is 17.6 Å². The molecule has 2 N–H and O–H groups in total. The van der Waals surface area contributed by atoms with E-state index in [1.165, 1.54) is 0 Å². The van der Waals surface area contributed by atoms with Crippen molar-refractivity contribution in [1.82, 2.24) is 5.32 Å². The lowest BCUT2D eigenvalue weighted by molar-refractivity contribution is 0.144. The number of rotatable bonds is 9. The molecular formula is C15H22N2O3. The Labute approximate surface area is 120 Å². The molecule has 1 aromatic carbocycles. The van der Waals surface area contributed by atoms with Crippen molar-refractivity contribution in [3.05, 3.63) is 23.8 Å². The largest absolute Gasteiger partial charge is 0.504 e. The smallest absolute Gasteiger partial charge is 0.161 e. The summed E-state index contributed by atoms with van der Waals surface area (Å²) in [5.41, 5.74) is 0.783. The average Bonchev–Trinajstić information content (AvgIpc) is 2.46. The maximum absolute atomic E-state index is 9.65. The highest BCUT2D eigenvalue weighted by atomic mass is 16.5. The van der Waals surface area contributed by atoms with Crippen molar-refractivity contribution < 1.29 is 14.6 Å². The zero-order valence-corrected chi connectivity index (χ0v) is 12.1. The van der Waals surface area contributed by atoms with Gasteiger partial charge in [-0.15, -0.1) is 0 Å². The summed E-state index contributed by atoms with van der Waals surface area (Å²) < 4.78 is 10.6. The Bertz CT molecular complexity index is 443. The minimum Gasteiger partial charge on any atom is -0.504 e. The molecule has 0 aromatic heterocycles. The SMILES string of the molecule is CCOCCCNC(C#N)c1ccc(O)c(OCC)c1. The molecule has 0 aliphatic heterocycles. The van der Waals surface area contributed by atoms with Crippen molar-refractivity contribution >= 4 is 0 Å². The maximum Gasteiger partial charge on any atom is 0.161 e. The van der Waals surface area contributed by atoms with Crippen LogP contribution in [0.5, 0.6) is 11.5 Å². The molecular weight excluding hydrogens is 256 g/mol. The van der Waals surface area contributed by atoms with Crippen LogP contribution in [0.25, 0.3) is 0 Å². The molecule has 0 heterocycles. The highest BCUT2D eigenvalue weighted by Gasteiger charge is 2.12. The molecule has 0 saturated carbocycles. The number of hydrogen-bond donors (Lipinski definition) is 2. The zero-order valence-electron chi connectivity index (χ0n) is 12.1. The van der Waals surface area contributed by atoms with Gasteiger partial charge in [-0.05, 0) is 44.5 Å². The van der Waals surface area contributed by atoms with E-state index in [0.29, 0.717) is 32.1 Å². The van der Waals surface area contributed by atoms with Crippen molar-refractivity contribution in [2.24, 2.45) is 0 Å². The number of phenolic OH excluding ortho intramolecular Hbond substituents is 1. The van der Waals surface area contributed by atoms with Crippen LogP contribution in [-0.4, -0.2) is 31.5 Å². The molecule has 0 aliphatic rings. The molecule has 20 heavy (non-hydrogen) atoms. The number of hydrogen-bond acceptors (Lipinski definition) is 5. The summed E-state index contributed by atoms with van der Waals surface area (Å²) in [7, 11) is 0. The highest BCUT2D eigenvalue weighted by molar-refractivity contribution is 5.43. The lowest BCUT2D eigenvalue weighted by Gasteiger charge is -2.14. The van der Waals surface area contributed by atoms with E-state index in [9.17, 15) is 10.4 Å². The van der Waals surface area contributed by atoms with Crippen molar-refractivity contribution in [2.45, 2.75) is 26.3 Å². The van der Waals surface area contributed by atoms with Crippen LogP contribution in [0, 0.1) is 11.3 Å². The van der Waals surface area contributed by atoms with Crippen LogP contribution in [0.4, 0.5) is 0 Å². The van der Waals surface area contributed by atoms with Gasteiger partial charge in [-0.2, -0.15) is 5.26 Å². The molecule has 0 bridgehead atoms. The number of nitrogens with zero attached hydrogens (tertiary/aromatic N) is 1. The van der Waals surface area contributed by atoms with E-state index in [-0.39, 0.29) is 5.75 Å². The summed E-state index contributed by atoms with van der Waals surface area (Å²) in [6.07, 6.45) is 0.850. The lowest BCUT2D eigenvalue weighted by atomic mass is 10.1. The predicted molar refractivity (Wildman–Crippen MR) is 76.7 cm³/mol. The summed E-state index contributed by atoms with van der Waals surface area (Å²) in [5, 5.41) is 22.0. The highest BCUT2D eigenvalue weighted by Crippen LogP contribution is 2.29. The van der Waals surface area contributed by atoms with Gasteiger partial charge in [0.25, 0.3) is 0 Å². The summed E-state index contributed by atoms with van der Waals surface area (Å²) >= 11 is 0. The molecule has 0 spiro atoms. The fraction of sp³-hybridized carbons (Fsp3) is 0.533. The van der Waals surface area contributed by atoms with Gasteiger partial charge in [-0.25, -0.2) is 0 Å². The maximum atomic E-state index is 9.65. The second-order valence-corrected chi connectivity index (χ2v) is 4.23. The van der Waals surface area contributed by atoms with Gasteiger partial charge in [0, 0.05) is 13.2 Å². The van der Waals surface area contributed by atoms with E-state index in [4.69, 9.17) is 9.47 Å². The quantitative estimate of drug-likeness (QED) is 0.678. The van der Waals surface area contributed by atoms with Gasteiger partial charge < -0.3 is 14.6 Å². The number of nitriles is 1. The van der Waals surface area contributed by atoms with Crippen molar-refractivity contribution in [3.63, 3.8) is 0 Å². The third-order valence-corrected chi connectivity index (χ3v) is 2.76. The number of nitrogens with one attached hydrogen (secondary N) is 1. The van der Waals surface area contributed by atoms with Gasteiger partial charge >= 0.3 is 0 Å². The van der Waals surface area contributed by atoms with Crippen LogP contribution in [0.3, 0.4) is 0 Å². The van der Waals surface area contributed by atoms with Gasteiger partial charge in [0.15, 0.2) is 11.5 Å². The number of ether oxygens (including phenoxy) is 2. The fourth-order valence-corrected chi connectivity index (χ4v) is 1.78. The normalized spacial score (nSPS) is 11.8. The lowest BCUT2D eigenvalue weighted by Crippen LogP contribution is -2.22. The average molecular weight is 278 g/mol.